The van der Waals surface area contributed by atoms with Gasteiger partial charge in [-0.05, 0) is 12.8 Å². The molecular weight excluding hydrogens is 326 g/mol. The fourth-order valence-corrected chi connectivity index (χ4v) is 4.64. The van der Waals surface area contributed by atoms with Gasteiger partial charge in [0.2, 0.25) is 0 Å². The molecule has 8 nitrogen and oxygen atoms in total. The number of aliphatic hydroxyl groups excluding tert-OH is 4. The van der Waals surface area contributed by atoms with E-state index in [2.05, 4.69) is 5.32 Å². The lowest BCUT2D eigenvalue weighted by Crippen LogP contribution is -2.58. The highest BCUT2D eigenvalue weighted by Gasteiger charge is 2.45. The molecule has 0 aromatic rings. The van der Waals surface area contributed by atoms with Crippen molar-refractivity contribution in [3.63, 3.8) is 0 Å². The lowest BCUT2D eigenvalue weighted by atomic mass is 10.0. The maximum Gasteiger partial charge on any atom is 0.304 e. The fourth-order valence-electron chi connectivity index (χ4n) is 3.04. The summed E-state index contributed by atoms with van der Waals surface area (Å²) in [4.78, 5) is 10.6. The van der Waals surface area contributed by atoms with Crippen molar-refractivity contribution in [2.45, 2.75) is 66.8 Å². The van der Waals surface area contributed by atoms with Crippen LogP contribution in [0.4, 0.5) is 0 Å². The zero-order chi connectivity index (χ0) is 17.0. The van der Waals surface area contributed by atoms with E-state index in [-0.39, 0.29) is 17.7 Å². The van der Waals surface area contributed by atoms with Crippen LogP contribution < -0.4 is 5.32 Å². The predicted octanol–water partition coefficient (Wildman–Crippen LogP) is -1.50. The van der Waals surface area contributed by atoms with Gasteiger partial charge in [-0.15, -0.1) is 11.8 Å². The number of nitrogens with one attached hydrogen (secondary N) is 1. The maximum atomic E-state index is 10.6. The number of carbonyl (C=O) groups is 1. The number of aliphatic hydroxyl groups is 4. The zero-order valence-corrected chi connectivity index (χ0v) is 13.6. The quantitative estimate of drug-likeness (QED) is 0.323. The summed E-state index contributed by atoms with van der Waals surface area (Å²) in [7, 11) is 0. The summed E-state index contributed by atoms with van der Waals surface area (Å²) < 4.78 is 5.51. The molecule has 2 rings (SSSR count). The lowest BCUT2D eigenvalue weighted by Gasteiger charge is -2.41. The van der Waals surface area contributed by atoms with E-state index in [0.717, 1.165) is 19.3 Å². The average molecular weight is 351 g/mol. The standard InChI is InChI=1S/C14H25NO7S/c16-6-8-11(19)12(20)13(21)14(22-8)23-9-3-1-2-7(9)15-5-4-10(17)18/h7-9,11-16,19-21H,1-6H2,(H,17,18)/t7?,8?,9?,11-,12?,13?,14-/m0/s1. The highest BCUT2D eigenvalue weighted by molar-refractivity contribution is 8.00. The maximum absolute atomic E-state index is 10.6. The molecule has 5 unspecified atom stereocenters. The highest BCUT2D eigenvalue weighted by Crippen LogP contribution is 2.37. The molecule has 134 valence electrons. The van der Waals surface area contributed by atoms with Crippen LogP contribution in [0.5, 0.6) is 0 Å². The molecule has 1 heterocycles. The second-order valence-electron chi connectivity index (χ2n) is 6.01. The van der Waals surface area contributed by atoms with Crippen LogP contribution in [0, 0.1) is 0 Å². The minimum absolute atomic E-state index is 0.0495. The summed E-state index contributed by atoms with van der Waals surface area (Å²) in [6.07, 6.45) is -2.01. The minimum atomic E-state index is -1.36. The number of hydrogen-bond acceptors (Lipinski definition) is 8. The first-order valence-electron chi connectivity index (χ1n) is 7.85. The Kier molecular flexibility index (Phi) is 7.08. The Hall–Kier alpha value is -0.420. The first-order valence-corrected chi connectivity index (χ1v) is 8.79. The highest BCUT2D eigenvalue weighted by atomic mass is 32.2. The number of aliphatic carboxylic acids is 1. The van der Waals surface area contributed by atoms with Crippen LogP contribution >= 0.6 is 11.8 Å². The van der Waals surface area contributed by atoms with Crippen molar-refractivity contribution in [3.05, 3.63) is 0 Å². The van der Waals surface area contributed by atoms with Crippen LogP contribution in [-0.2, 0) is 9.53 Å². The Morgan fingerprint density at radius 2 is 1.91 bits per heavy atom. The van der Waals surface area contributed by atoms with Gasteiger partial charge in [0.05, 0.1) is 13.0 Å². The molecule has 1 aliphatic heterocycles. The third-order valence-corrected chi connectivity index (χ3v) is 5.93. The first kappa shape index (κ1) is 18.9. The van der Waals surface area contributed by atoms with Gasteiger partial charge in [0.15, 0.2) is 0 Å². The van der Waals surface area contributed by atoms with Crippen molar-refractivity contribution in [1.29, 1.82) is 0 Å². The predicted molar refractivity (Wildman–Crippen MR) is 83.0 cm³/mol. The number of carboxylic acid groups (broad SMARTS) is 1. The second-order valence-corrected chi connectivity index (χ2v) is 7.35. The SMILES string of the molecule is O=C(O)CCNC1CCCC1S[C@@H]1OC(CO)[C@H](O)C(O)C1O. The molecule has 0 amide bonds. The summed E-state index contributed by atoms with van der Waals surface area (Å²) in [5.41, 5.74) is -0.738. The number of thioether (sulfide) groups is 1. The molecule has 9 heteroatoms. The van der Waals surface area contributed by atoms with E-state index in [1.807, 2.05) is 0 Å². The Labute approximate surface area is 138 Å². The number of rotatable bonds is 7. The van der Waals surface area contributed by atoms with E-state index in [9.17, 15) is 25.2 Å². The van der Waals surface area contributed by atoms with E-state index in [1.54, 1.807) is 0 Å². The third kappa shape index (κ3) is 4.79. The lowest BCUT2D eigenvalue weighted by molar-refractivity contribution is -0.205. The molecule has 2 fully saturated rings. The first-order chi connectivity index (χ1) is 10.9. The molecule has 2 aliphatic rings. The van der Waals surface area contributed by atoms with E-state index < -0.39 is 42.4 Å². The fraction of sp³-hybridized carbons (Fsp3) is 0.929. The number of ether oxygens (including phenoxy) is 1. The molecule has 0 radical (unpaired) electrons. The Balaban J connectivity index is 1.89. The summed E-state index contributed by atoms with van der Waals surface area (Å²) in [5, 5.41) is 50.9. The zero-order valence-electron chi connectivity index (χ0n) is 12.7. The third-order valence-electron chi connectivity index (χ3n) is 4.36. The van der Waals surface area contributed by atoms with Crippen LogP contribution in [-0.4, -0.2) is 85.8 Å². The van der Waals surface area contributed by atoms with Crippen molar-refractivity contribution < 1.29 is 35.1 Å². The van der Waals surface area contributed by atoms with E-state index >= 15 is 0 Å². The second kappa shape index (κ2) is 8.61. The number of carboxylic acids is 1. The molecule has 0 spiro atoms. The Bertz CT molecular complexity index is 397. The molecule has 0 aromatic carbocycles. The van der Waals surface area contributed by atoms with Crippen LogP contribution in [0.3, 0.4) is 0 Å². The van der Waals surface area contributed by atoms with Gasteiger partial charge in [0.1, 0.15) is 29.9 Å². The average Bonchev–Trinajstić information content (AvgIpc) is 2.95. The van der Waals surface area contributed by atoms with E-state index in [0.29, 0.717) is 6.54 Å². The van der Waals surface area contributed by atoms with Crippen molar-refractivity contribution in [2.24, 2.45) is 0 Å². The molecule has 7 atom stereocenters. The van der Waals surface area contributed by atoms with Crippen LogP contribution in [0.25, 0.3) is 0 Å². The molecule has 1 saturated heterocycles. The molecule has 23 heavy (non-hydrogen) atoms. The van der Waals surface area contributed by atoms with Crippen LogP contribution in [0.15, 0.2) is 0 Å². The van der Waals surface area contributed by atoms with Crippen molar-refractivity contribution >= 4 is 17.7 Å². The van der Waals surface area contributed by atoms with Gasteiger partial charge >= 0.3 is 5.97 Å². The summed E-state index contributed by atoms with van der Waals surface area (Å²) in [6, 6.07) is 0.117. The molecular formula is C14H25NO7S. The van der Waals surface area contributed by atoms with E-state index in [4.69, 9.17) is 9.84 Å². The minimum Gasteiger partial charge on any atom is -0.481 e. The Morgan fingerprint density at radius 3 is 2.57 bits per heavy atom. The van der Waals surface area contributed by atoms with Gasteiger partial charge in [0, 0.05) is 17.8 Å². The van der Waals surface area contributed by atoms with Gasteiger partial charge in [-0.25, -0.2) is 0 Å². The summed E-state index contributed by atoms with van der Waals surface area (Å²) in [5.74, 6) is -0.853. The van der Waals surface area contributed by atoms with Crippen LogP contribution in [0.2, 0.25) is 0 Å². The van der Waals surface area contributed by atoms with Crippen molar-refractivity contribution in [1.82, 2.24) is 5.32 Å². The molecule has 6 N–H and O–H groups in total. The Morgan fingerprint density at radius 1 is 1.17 bits per heavy atom. The van der Waals surface area contributed by atoms with Gasteiger partial charge in [-0.2, -0.15) is 0 Å². The summed E-state index contributed by atoms with van der Waals surface area (Å²) in [6.45, 7) is -0.0568. The van der Waals surface area contributed by atoms with Gasteiger partial charge in [0.25, 0.3) is 0 Å². The van der Waals surface area contributed by atoms with Crippen molar-refractivity contribution in [2.75, 3.05) is 13.2 Å². The largest absolute Gasteiger partial charge is 0.481 e. The monoisotopic (exact) mass is 351 g/mol. The topological polar surface area (TPSA) is 139 Å². The molecule has 0 aromatic heterocycles. The van der Waals surface area contributed by atoms with Crippen molar-refractivity contribution in [3.8, 4) is 0 Å². The van der Waals surface area contributed by atoms with Crippen LogP contribution in [0.1, 0.15) is 25.7 Å². The smallest absolute Gasteiger partial charge is 0.304 e. The summed E-state index contributed by atoms with van der Waals surface area (Å²) >= 11 is 1.36. The molecule has 1 aliphatic carbocycles. The molecule has 0 bridgehead atoms. The number of hydrogen-bond donors (Lipinski definition) is 6. The van der Waals surface area contributed by atoms with Gasteiger partial charge in [-0.3, -0.25) is 4.79 Å². The van der Waals surface area contributed by atoms with Gasteiger partial charge in [-0.1, -0.05) is 6.42 Å². The molecule has 1 saturated carbocycles. The van der Waals surface area contributed by atoms with E-state index in [1.165, 1.54) is 11.8 Å². The van der Waals surface area contributed by atoms with Gasteiger partial charge < -0.3 is 35.6 Å². The normalized spacial score (nSPS) is 41.1.